The highest BCUT2D eigenvalue weighted by atomic mass is 32.2. The molecule has 1 saturated heterocycles. The molecule has 0 bridgehead atoms. The summed E-state index contributed by atoms with van der Waals surface area (Å²) >= 11 is 0. The molecule has 1 fully saturated rings. The van der Waals surface area contributed by atoms with Crippen molar-refractivity contribution in [2.45, 2.75) is 18.6 Å². The van der Waals surface area contributed by atoms with Gasteiger partial charge in [-0.3, -0.25) is 4.79 Å². The van der Waals surface area contributed by atoms with Crippen LogP contribution in [-0.2, 0) is 16.0 Å². The van der Waals surface area contributed by atoms with Gasteiger partial charge < -0.3 is 10.6 Å². The monoisotopic (exact) mass is 399 g/mol. The van der Waals surface area contributed by atoms with Gasteiger partial charge in [0, 0.05) is 6.04 Å². The number of hydrogen-bond donors (Lipinski definition) is 2. The molecule has 27 heavy (non-hydrogen) atoms. The normalized spacial score (nSPS) is 18.9. The van der Waals surface area contributed by atoms with E-state index in [4.69, 9.17) is 0 Å². The van der Waals surface area contributed by atoms with Gasteiger partial charge in [-0.25, -0.2) is 13.4 Å². The Morgan fingerprint density at radius 1 is 1.15 bits per heavy atom. The van der Waals surface area contributed by atoms with Crippen molar-refractivity contribution in [2.75, 3.05) is 22.1 Å². The molecular weight excluding hydrogens is 383 g/mol. The van der Waals surface area contributed by atoms with Gasteiger partial charge in [0.1, 0.15) is 5.69 Å². The lowest BCUT2D eigenvalue weighted by molar-refractivity contribution is -0.136. The average molecular weight is 399 g/mol. The van der Waals surface area contributed by atoms with E-state index in [1.165, 1.54) is 30.5 Å². The van der Waals surface area contributed by atoms with E-state index in [0.717, 1.165) is 12.1 Å². The van der Waals surface area contributed by atoms with E-state index in [2.05, 4.69) is 15.6 Å². The number of hydrogen-bond acceptors (Lipinski definition) is 5. The second kappa shape index (κ2) is 7.18. The van der Waals surface area contributed by atoms with Gasteiger partial charge in [0.2, 0.25) is 0 Å². The highest BCUT2D eigenvalue weighted by molar-refractivity contribution is 7.91. The summed E-state index contributed by atoms with van der Waals surface area (Å²) in [7, 11) is -3.03. The molecule has 2 N–H and O–H groups in total. The lowest BCUT2D eigenvalue weighted by Gasteiger charge is -2.14. The van der Waals surface area contributed by atoms with Gasteiger partial charge in [-0.1, -0.05) is 12.1 Å². The van der Waals surface area contributed by atoms with Crippen molar-refractivity contribution in [3.8, 4) is 0 Å². The van der Waals surface area contributed by atoms with Crippen LogP contribution in [0.15, 0.2) is 42.6 Å². The van der Waals surface area contributed by atoms with E-state index in [-0.39, 0.29) is 28.9 Å². The van der Waals surface area contributed by atoms with Gasteiger partial charge in [0.05, 0.1) is 34.6 Å². The fourth-order valence-corrected chi connectivity index (χ4v) is 4.46. The Balaban J connectivity index is 1.68. The summed E-state index contributed by atoms with van der Waals surface area (Å²) in [6.45, 7) is 0. The predicted molar refractivity (Wildman–Crippen MR) is 94.3 cm³/mol. The van der Waals surface area contributed by atoms with Crippen LogP contribution in [0.2, 0.25) is 0 Å². The average Bonchev–Trinajstić information content (AvgIpc) is 2.93. The zero-order chi connectivity index (χ0) is 19.7. The Kier molecular flexibility index (Phi) is 5.09. The third-order valence-corrected chi connectivity index (χ3v) is 5.85. The molecule has 0 spiro atoms. The molecular formula is C17H16F3N3O3S. The summed E-state index contributed by atoms with van der Waals surface area (Å²) < 4.78 is 61.9. The van der Waals surface area contributed by atoms with Crippen LogP contribution in [0.1, 0.15) is 22.5 Å². The minimum absolute atomic E-state index is 0.0312. The topological polar surface area (TPSA) is 88.2 Å². The molecule has 1 aromatic carbocycles. The summed E-state index contributed by atoms with van der Waals surface area (Å²) in [6, 6.07) is 7.33. The summed E-state index contributed by atoms with van der Waals surface area (Å²) in [5.74, 6) is -0.623. The van der Waals surface area contributed by atoms with Crippen molar-refractivity contribution in [1.82, 2.24) is 4.98 Å². The van der Waals surface area contributed by atoms with Crippen molar-refractivity contribution in [2.24, 2.45) is 0 Å². The number of carbonyl (C=O) groups excluding carboxylic acids is 1. The van der Waals surface area contributed by atoms with Crippen molar-refractivity contribution >= 4 is 27.1 Å². The van der Waals surface area contributed by atoms with E-state index in [1.807, 2.05) is 0 Å². The molecule has 1 aliphatic heterocycles. The number of pyridine rings is 1. The summed E-state index contributed by atoms with van der Waals surface area (Å²) in [6.07, 6.45) is -2.76. The fourth-order valence-electron chi connectivity index (χ4n) is 2.78. The van der Waals surface area contributed by atoms with E-state index < -0.39 is 27.5 Å². The molecule has 1 aliphatic rings. The first-order valence-electron chi connectivity index (χ1n) is 8.05. The molecule has 0 aliphatic carbocycles. The van der Waals surface area contributed by atoms with Crippen LogP contribution in [-0.4, -0.2) is 36.9 Å². The van der Waals surface area contributed by atoms with E-state index in [1.54, 1.807) is 0 Å². The zero-order valence-electron chi connectivity index (χ0n) is 14.0. The molecule has 1 unspecified atom stereocenters. The molecule has 2 aromatic rings. The van der Waals surface area contributed by atoms with Crippen LogP contribution in [0, 0.1) is 0 Å². The summed E-state index contributed by atoms with van der Waals surface area (Å²) in [4.78, 5) is 16.1. The summed E-state index contributed by atoms with van der Waals surface area (Å²) in [5.41, 5.74) is -0.824. The number of nitrogens with zero attached hydrogens (tertiary/aromatic N) is 1. The fraction of sp³-hybridized carbons (Fsp3) is 0.294. The number of alkyl halides is 3. The first kappa shape index (κ1) is 19.2. The first-order chi connectivity index (χ1) is 12.6. The highest BCUT2D eigenvalue weighted by Crippen LogP contribution is 2.34. The van der Waals surface area contributed by atoms with Crippen molar-refractivity contribution in [3.63, 3.8) is 0 Å². The molecule has 6 nitrogen and oxygen atoms in total. The second-order valence-corrected chi connectivity index (χ2v) is 8.40. The van der Waals surface area contributed by atoms with Crippen molar-refractivity contribution < 1.29 is 26.4 Å². The lowest BCUT2D eigenvalue weighted by Crippen LogP contribution is -2.21. The number of carbonyl (C=O) groups is 1. The number of sulfone groups is 1. The maximum Gasteiger partial charge on any atom is 0.418 e. The van der Waals surface area contributed by atoms with Crippen molar-refractivity contribution in [3.05, 3.63) is 53.9 Å². The molecule has 1 aromatic heterocycles. The SMILES string of the molecule is O=C(Nc1ccccc1C(F)(F)F)c1ccc(NC2CCS(=O)(=O)C2)cn1. The number of benzene rings is 1. The maximum atomic E-state index is 13.0. The molecule has 3 rings (SSSR count). The van der Waals surface area contributed by atoms with Gasteiger partial charge in [-0.2, -0.15) is 13.2 Å². The van der Waals surface area contributed by atoms with Crippen LogP contribution in [0.4, 0.5) is 24.5 Å². The van der Waals surface area contributed by atoms with Gasteiger partial charge in [0.15, 0.2) is 9.84 Å². The number of para-hydroxylation sites is 1. The molecule has 2 heterocycles. The van der Waals surface area contributed by atoms with Crippen LogP contribution in [0.25, 0.3) is 0 Å². The van der Waals surface area contributed by atoms with Gasteiger partial charge in [-0.15, -0.1) is 0 Å². The number of amides is 1. The lowest BCUT2D eigenvalue weighted by atomic mass is 10.1. The molecule has 0 saturated carbocycles. The maximum absolute atomic E-state index is 13.0. The van der Waals surface area contributed by atoms with E-state index in [0.29, 0.717) is 12.1 Å². The number of rotatable bonds is 4. The Hall–Kier alpha value is -2.62. The van der Waals surface area contributed by atoms with Gasteiger partial charge in [0.25, 0.3) is 5.91 Å². The molecule has 1 amide bonds. The Morgan fingerprint density at radius 2 is 1.89 bits per heavy atom. The quantitative estimate of drug-likeness (QED) is 0.825. The Labute approximate surface area is 153 Å². The third kappa shape index (κ3) is 4.76. The molecule has 144 valence electrons. The Bertz CT molecular complexity index is 944. The third-order valence-electron chi connectivity index (χ3n) is 4.08. The number of aromatic nitrogens is 1. The highest BCUT2D eigenvalue weighted by Gasteiger charge is 2.33. The van der Waals surface area contributed by atoms with Gasteiger partial charge in [-0.05, 0) is 30.7 Å². The number of anilines is 2. The first-order valence-corrected chi connectivity index (χ1v) is 9.87. The minimum atomic E-state index is -4.59. The van der Waals surface area contributed by atoms with E-state index >= 15 is 0 Å². The second-order valence-electron chi connectivity index (χ2n) is 6.17. The molecule has 1 atom stereocenters. The van der Waals surface area contributed by atoms with Crippen LogP contribution in [0.3, 0.4) is 0 Å². The predicted octanol–water partition coefficient (Wildman–Crippen LogP) is 2.95. The van der Waals surface area contributed by atoms with Gasteiger partial charge >= 0.3 is 6.18 Å². The standard InChI is InChI=1S/C17H16F3N3O3S/c18-17(19,20)13-3-1-2-4-14(13)23-16(24)15-6-5-11(9-21-15)22-12-7-8-27(25,26)10-12/h1-6,9,12,22H,7-8,10H2,(H,23,24). The van der Waals surface area contributed by atoms with E-state index in [9.17, 15) is 26.4 Å². The van der Waals surface area contributed by atoms with Crippen molar-refractivity contribution in [1.29, 1.82) is 0 Å². The summed E-state index contributed by atoms with van der Waals surface area (Å²) in [5, 5.41) is 5.23. The van der Waals surface area contributed by atoms with Crippen LogP contribution < -0.4 is 10.6 Å². The minimum Gasteiger partial charge on any atom is -0.380 e. The zero-order valence-corrected chi connectivity index (χ0v) is 14.8. The van der Waals surface area contributed by atoms with Crippen LogP contribution >= 0.6 is 0 Å². The molecule has 10 heteroatoms. The number of halogens is 3. The number of nitrogens with one attached hydrogen (secondary N) is 2. The Morgan fingerprint density at radius 3 is 2.48 bits per heavy atom. The molecule has 0 radical (unpaired) electrons. The largest absolute Gasteiger partial charge is 0.418 e. The van der Waals surface area contributed by atoms with Crippen LogP contribution in [0.5, 0.6) is 0 Å². The smallest absolute Gasteiger partial charge is 0.380 e.